The van der Waals surface area contributed by atoms with Gasteiger partial charge in [-0.1, -0.05) is 6.08 Å². The normalized spacial score (nSPS) is 20.2. The number of amides is 1. The zero-order chi connectivity index (χ0) is 16.2. The Kier molecular flexibility index (Phi) is 6.12. The molecule has 1 aromatic heterocycles. The van der Waals surface area contributed by atoms with E-state index >= 15 is 0 Å². The van der Waals surface area contributed by atoms with Gasteiger partial charge in [0.1, 0.15) is 23.0 Å². The summed E-state index contributed by atoms with van der Waals surface area (Å²) < 4.78 is 5.36. The summed E-state index contributed by atoms with van der Waals surface area (Å²) in [5, 5.41) is 0. The van der Waals surface area contributed by atoms with Crippen LogP contribution in [0.2, 0.25) is 0 Å². The second-order valence-corrected chi connectivity index (χ2v) is 8.16. The fraction of sp³-hybridized carbons (Fsp3) is 0.588. The van der Waals surface area contributed by atoms with E-state index in [9.17, 15) is 4.79 Å². The molecule has 0 spiro atoms. The van der Waals surface area contributed by atoms with Crippen molar-refractivity contribution in [1.82, 2.24) is 9.80 Å². The van der Waals surface area contributed by atoms with Gasteiger partial charge in [0.25, 0.3) is 0 Å². The van der Waals surface area contributed by atoms with Crippen molar-refractivity contribution in [2.45, 2.75) is 38.8 Å². The molecule has 0 aliphatic carbocycles. The van der Waals surface area contributed by atoms with Crippen LogP contribution in [-0.4, -0.2) is 48.0 Å². The first kappa shape index (κ1) is 17.4. The number of fused-ring (bicyclic) bond motifs is 1. The second kappa shape index (κ2) is 8.09. The molecular formula is C17H23IN2O2S. The van der Waals surface area contributed by atoms with E-state index in [1.807, 2.05) is 45.3 Å². The SMILES string of the molecule is Cc1cc2c(s1)CN(C(=O)/C=C/CN1CCC(OI)CC1)CC2. The van der Waals surface area contributed by atoms with Crippen LogP contribution in [0.1, 0.15) is 28.2 Å². The standard InChI is InChI=1S/C17H23IN2O2S/c1-13-11-14-4-10-20(12-16(14)23-13)17(21)3-2-7-19-8-5-15(22-18)6-9-19/h2-3,11,15H,4-10,12H2,1H3/b3-2+. The third kappa shape index (κ3) is 4.55. The minimum atomic E-state index is 0.146. The monoisotopic (exact) mass is 446 g/mol. The number of likely N-dealkylation sites (tertiary alicyclic amines) is 1. The van der Waals surface area contributed by atoms with Gasteiger partial charge in [0.05, 0.1) is 12.6 Å². The number of carbonyl (C=O) groups excluding carboxylic acids is 1. The highest BCUT2D eigenvalue weighted by molar-refractivity contribution is 14.1. The lowest BCUT2D eigenvalue weighted by atomic mass is 10.1. The van der Waals surface area contributed by atoms with Gasteiger partial charge in [-0.3, -0.25) is 9.69 Å². The number of rotatable bonds is 4. The molecule has 3 rings (SSSR count). The van der Waals surface area contributed by atoms with E-state index in [2.05, 4.69) is 17.9 Å². The maximum atomic E-state index is 12.4. The van der Waals surface area contributed by atoms with Gasteiger partial charge in [0.2, 0.25) is 5.91 Å². The summed E-state index contributed by atoms with van der Waals surface area (Å²) >= 11 is 3.82. The third-order valence-corrected chi connectivity index (χ3v) is 6.40. The lowest BCUT2D eigenvalue weighted by Gasteiger charge is -2.29. The van der Waals surface area contributed by atoms with Crippen molar-refractivity contribution in [1.29, 1.82) is 0 Å². The van der Waals surface area contributed by atoms with E-state index in [1.165, 1.54) is 15.3 Å². The van der Waals surface area contributed by atoms with Gasteiger partial charge in [0.15, 0.2) is 0 Å². The second-order valence-electron chi connectivity index (χ2n) is 6.31. The first-order chi connectivity index (χ1) is 11.2. The number of halogens is 1. The minimum Gasteiger partial charge on any atom is -0.334 e. The number of nitrogens with zero attached hydrogens (tertiary/aromatic N) is 2. The number of hydrogen-bond acceptors (Lipinski definition) is 4. The average Bonchev–Trinajstić information content (AvgIpc) is 2.94. The topological polar surface area (TPSA) is 32.8 Å². The molecule has 126 valence electrons. The molecular weight excluding hydrogens is 423 g/mol. The molecule has 1 fully saturated rings. The molecule has 23 heavy (non-hydrogen) atoms. The highest BCUT2D eigenvalue weighted by Gasteiger charge is 2.21. The van der Waals surface area contributed by atoms with Gasteiger partial charge >= 0.3 is 0 Å². The zero-order valence-electron chi connectivity index (χ0n) is 13.5. The van der Waals surface area contributed by atoms with Crippen LogP contribution in [0, 0.1) is 6.92 Å². The summed E-state index contributed by atoms with van der Waals surface area (Å²) in [7, 11) is 0. The van der Waals surface area contributed by atoms with Crippen molar-refractivity contribution in [2.75, 3.05) is 26.2 Å². The van der Waals surface area contributed by atoms with E-state index in [0.29, 0.717) is 6.10 Å². The zero-order valence-corrected chi connectivity index (χ0v) is 16.4. The maximum absolute atomic E-state index is 12.4. The molecule has 4 nitrogen and oxygen atoms in total. The van der Waals surface area contributed by atoms with Crippen molar-refractivity contribution < 1.29 is 7.86 Å². The van der Waals surface area contributed by atoms with Gasteiger partial charge < -0.3 is 7.97 Å². The van der Waals surface area contributed by atoms with Crippen molar-refractivity contribution in [2.24, 2.45) is 0 Å². The quantitative estimate of drug-likeness (QED) is 0.526. The lowest BCUT2D eigenvalue weighted by molar-refractivity contribution is -0.126. The summed E-state index contributed by atoms with van der Waals surface area (Å²) in [6, 6.07) is 2.26. The summed E-state index contributed by atoms with van der Waals surface area (Å²) in [6.45, 7) is 6.71. The van der Waals surface area contributed by atoms with Crippen molar-refractivity contribution >= 4 is 40.2 Å². The van der Waals surface area contributed by atoms with Crippen LogP contribution in [0.4, 0.5) is 0 Å². The molecule has 0 bridgehead atoms. The first-order valence-electron chi connectivity index (χ1n) is 8.19. The van der Waals surface area contributed by atoms with Gasteiger partial charge in [-0.2, -0.15) is 0 Å². The van der Waals surface area contributed by atoms with Crippen molar-refractivity contribution in [3.63, 3.8) is 0 Å². The smallest absolute Gasteiger partial charge is 0.246 e. The molecule has 2 aliphatic rings. The molecule has 0 unspecified atom stereocenters. The largest absolute Gasteiger partial charge is 0.334 e. The van der Waals surface area contributed by atoms with Crippen LogP contribution in [-0.2, 0) is 20.8 Å². The molecule has 1 aromatic rings. The molecule has 0 aromatic carbocycles. The summed E-state index contributed by atoms with van der Waals surface area (Å²) in [5.41, 5.74) is 1.43. The van der Waals surface area contributed by atoms with Crippen molar-refractivity contribution in [3.8, 4) is 0 Å². The Labute approximate surface area is 156 Å². The molecule has 1 amide bonds. The number of aryl methyl sites for hydroxylation is 1. The van der Waals surface area contributed by atoms with E-state index in [4.69, 9.17) is 3.07 Å². The molecule has 0 radical (unpaired) electrons. The third-order valence-electron chi connectivity index (χ3n) is 4.60. The van der Waals surface area contributed by atoms with Crippen LogP contribution >= 0.6 is 34.3 Å². The molecule has 6 heteroatoms. The van der Waals surface area contributed by atoms with E-state index in [1.54, 1.807) is 6.08 Å². The summed E-state index contributed by atoms with van der Waals surface area (Å²) in [6.07, 6.45) is 7.32. The van der Waals surface area contributed by atoms with Crippen molar-refractivity contribution in [3.05, 3.63) is 33.5 Å². The molecule has 0 saturated carbocycles. The number of carbonyl (C=O) groups is 1. The van der Waals surface area contributed by atoms with Gasteiger partial charge in [0, 0.05) is 42.0 Å². The Morgan fingerprint density at radius 3 is 2.96 bits per heavy atom. The van der Waals surface area contributed by atoms with Crippen LogP contribution in [0.5, 0.6) is 0 Å². The molecule has 3 heterocycles. The van der Waals surface area contributed by atoms with Crippen LogP contribution < -0.4 is 0 Å². The highest BCUT2D eigenvalue weighted by atomic mass is 127. The number of piperidine rings is 1. The fourth-order valence-corrected chi connectivity index (χ4v) is 4.86. The summed E-state index contributed by atoms with van der Waals surface area (Å²) in [4.78, 5) is 19.4. The Hall–Kier alpha value is -0.440. The molecule has 2 aliphatic heterocycles. The van der Waals surface area contributed by atoms with E-state index in [-0.39, 0.29) is 5.91 Å². The van der Waals surface area contributed by atoms with Gasteiger partial charge in [-0.15, -0.1) is 11.3 Å². The molecule has 0 atom stereocenters. The Morgan fingerprint density at radius 2 is 2.22 bits per heavy atom. The predicted octanol–water partition coefficient (Wildman–Crippen LogP) is 3.33. The summed E-state index contributed by atoms with van der Waals surface area (Å²) in [5.74, 6) is 0.146. The number of hydrogen-bond donors (Lipinski definition) is 0. The Bertz CT molecular complexity index is 579. The van der Waals surface area contributed by atoms with Crippen LogP contribution in [0.15, 0.2) is 18.2 Å². The maximum Gasteiger partial charge on any atom is 0.246 e. The van der Waals surface area contributed by atoms with Crippen LogP contribution in [0.25, 0.3) is 0 Å². The van der Waals surface area contributed by atoms with E-state index in [0.717, 1.165) is 52.0 Å². The van der Waals surface area contributed by atoms with Gasteiger partial charge in [-0.05, 0) is 37.8 Å². The molecule has 0 N–H and O–H groups in total. The minimum absolute atomic E-state index is 0.146. The molecule has 1 saturated heterocycles. The van der Waals surface area contributed by atoms with Gasteiger partial charge in [-0.25, -0.2) is 0 Å². The average molecular weight is 446 g/mol. The first-order valence-corrected chi connectivity index (χ1v) is 9.89. The predicted molar refractivity (Wildman–Crippen MR) is 102 cm³/mol. The number of thiophene rings is 1. The fourth-order valence-electron chi connectivity index (χ4n) is 3.25. The van der Waals surface area contributed by atoms with Crippen LogP contribution in [0.3, 0.4) is 0 Å². The highest BCUT2D eigenvalue weighted by Crippen LogP contribution is 2.27. The lowest BCUT2D eigenvalue weighted by Crippen LogP contribution is -2.36. The Balaban J connectivity index is 1.46. The van der Waals surface area contributed by atoms with E-state index < -0.39 is 0 Å². The Morgan fingerprint density at radius 1 is 1.43 bits per heavy atom.